The maximum atomic E-state index is 12.6. The fourth-order valence-corrected chi connectivity index (χ4v) is 2.85. The van der Waals surface area contributed by atoms with Crippen molar-refractivity contribution in [3.05, 3.63) is 46.9 Å². The Morgan fingerprint density at radius 1 is 1.26 bits per heavy atom. The van der Waals surface area contributed by atoms with Gasteiger partial charge in [-0.2, -0.15) is 0 Å². The molecule has 0 radical (unpaired) electrons. The largest absolute Gasteiger partial charge is 0.352 e. The van der Waals surface area contributed by atoms with Gasteiger partial charge in [0.2, 0.25) is 5.78 Å². The number of hydrogen-bond donors (Lipinski definition) is 1. The summed E-state index contributed by atoms with van der Waals surface area (Å²) < 4.78 is 0. The Kier molecular flexibility index (Phi) is 4.34. The molecule has 0 amide bonds. The van der Waals surface area contributed by atoms with Gasteiger partial charge in [0.1, 0.15) is 11.4 Å². The Bertz CT molecular complexity index is 716. The fraction of sp³-hybridized carbons (Fsp3) is 0.412. The molecule has 1 atom stereocenters. The SMILES string of the molecule is Cc1c(C(=O)c2ccccn2)nnc(N2CCN[C@H](C)C2)c1C. The standard InChI is InChI=1S/C17H21N5O/c1-11-10-22(9-8-18-11)17-13(3)12(2)15(20-21-17)16(23)14-6-4-5-7-19-14/h4-7,11,18H,8-10H2,1-3H3/t11-/m1/s1. The van der Waals surface area contributed by atoms with E-state index in [-0.39, 0.29) is 5.78 Å². The topological polar surface area (TPSA) is 71.0 Å². The molecule has 1 aliphatic heterocycles. The maximum Gasteiger partial charge on any atom is 0.231 e. The minimum atomic E-state index is -0.182. The second-order valence-corrected chi connectivity index (χ2v) is 5.97. The molecule has 0 bridgehead atoms. The third-order valence-corrected chi connectivity index (χ3v) is 4.28. The highest BCUT2D eigenvalue weighted by Crippen LogP contribution is 2.23. The third-order valence-electron chi connectivity index (χ3n) is 4.28. The number of piperazine rings is 1. The van der Waals surface area contributed by atoms with E-state index in [1.165, 1.54) is 0 Å². The Hall–Kier alpha value is -2.34. The second kappa shape index (κ2) is 6.42. The van der Waals surface area contributed by atoms with Crippen LogP contribution in [0, 0.1) is 13.8 Å². The number of hydrogen-bond acceptors (Lipinski definition) is 6. The molecule has 6 heteroatoms. The van der Waals surface area contributed by atoms with Crippen LogP contribution in [0.25, 0.3) is 0 Å². The van der Waals surface area contributed by atoms with Gasteiger partial charge < -0.3 is 10.2 Å². The molecule has 1 fully saturated rings. The summed E-state index contributed by atoms with van der Waals surface area (Å²) in [6.45, 7) is 8.79. The van der Waals surface area contributed by atoms with E-state index in [0.29, 0.717) is 17.4 Å². The van der Waals surface area contributed by atoms with Crippen molar-refractivity contribution in [3.8, 4) is 0 Å². The van der Waals surface area contributed by atoms with Gasteiger partial charge in [0, 0.05) is 31.9 Å². The van der Waals surface area contributed by atoms with Crippen molar-refractivity contribution in [3.63, 3.8) is 0 Å². The number of carbonyl (C=O) groups excluding carboxylic acids is 1. The second-order valence-electron chi connectivity index (χ2n) is 5.97. The molecule has 1 N–H and O–H groups in total. The summed E-state index contributed by atoms with van der Waals surface area (Å²) >= 11 is 0. The van der Waals surface area contributed by atoms with Crippen LogP contribution in [-0.2, 0) is 0 Å². The first-order valence-corrected chi connectivity index (χ1v) is 7.86. The lowest BCUT2D eigenvalue weighted by Gasteiger charge is -2.33. The van der Waals surface area contributed by atoms with Crippen molar-refractivity contribution in [2.24, 2.45) is 0 Å². The Morgan fingerprint density at radius 2 is 2.09 bits per heavy atom. The summed E-state index contributed by atoms with van der Waals surface area (Å²) in [5.41, 5.74) is 2.66. The normalized spacial score (nSPS) is 18.0. The van der Waals surface area contributed by atoms with Gasteiger partial charge in [-0.25, -0.2) is 0 Å². The van der Waals surface area contributed by atoms with E-state index in [1.54, 1.807) is 24.4 Å². The molecule has 6 nitrogen and oxygen atoms in total. The number of rotatable bonds is 3. The molecule has 2 aromatic heterocycles. The molecule has 0 aromatic carbocycles. The van der Waals surface area contributed by atoms with Crippen LogP contribution in [0.4, 0.5) is 5.82 Å². The molecular formula is C17H21N5O. The maximum absolute atomic E-state index is 12.6. The number of anilines is 1. The zero-order valence-electron chi connectivity index (χ0n) is 13.7. The smallest absolute Gasteiger partial charge is 0.231 e. The minimum absolute atomic E-state index is 0.182. The van der Waals surface area contributed by atoms with Crippen molar-refractivity contribution in [2.45, 2.75) is 26.8 Å². The summed E-state index contributed by atoms with van der Waals surface area (Å²) in [4.78, 5) is 18.9. The first-order valence-electron chi connectivity index (χ1n) is 7.86. The van der Waals surface area contributed by atoms with Crippen molar-refractivity contribution in [1.82, 2.24) is 20.5 Å². The lowest BCUT2D eigenvalue weighted by Crippen LogP contribution is -2.49. The van der Waals surface area contributed by atoms with Crippen LogP contribution in [0.15, 0.2) is 24.4 Å². The predicted molar refractivity (Wildman–Crippen MR) is 88.9 cm³/mol. The summed E-state index contributed by atoms with van der Waals surface area (Å²) in [7, 11) is 0. The summed E-state index contributed by atoms with van der Waals surface area (Å²) in [6, 6.07) is 5.70. The first-order chi connectivity index (χ1) is 11.1. The Morgan fingerprint density at radius 3 is 2.78 bits per heavy atom. The van der Waals surface area contributed by atoms with Crippen LogP contribution in [-0.4, -0.2) is 46.6 Å². The number of pyridine rings is 1. The average Bonchev–Trinajstić information content (AvgIpc) is 2.57. The summed E-state index contributed by atoms with van der Waals surface area (Å²) in [6.07, 6.45) is 1.61. The van der Waals surface area contributed by atoms with Crippen molar-refractivity contribution >= 4 is 11.6 Å². The van der Waals surface area contributed by atoms with Gasteiger partial charge in [0.05, 0.1) is 0 Å². The van der Waals surface area contributed by atoms with Crippen LogP contribution >= 0.6 is 0 Å². The van der Waals surface area contributed by atoms with E-state index in [1.807, 2.05) is 13.8 Å². The lowest BCUT2D eigenvalue weighted by atomic mass is 10.0. The highest BCUT2D eigenvalue weighted by atomic mass is 16.1. The van der Waals surface area contributed by atoms with Gasteiger partial charge in [0.15, 0.2) is 5.82 Å². The highest BCUT2D eigenvalue weighted by molar-refractivity contribution is 6.07. The third kappa shape index (κ3) is 3.07. The molecule has 0 unspecified atom stereocenters. The first kappa shape index (κ1) is 15.6. The molecule has 1 saturated heterocycles. The number of ketones is 1. The summed E-state index contributed by atoms with van der Waals surface area (Å²) in [5.74, 6) is 0.687. The molecule has 120 valence electrons. The van der Waals surface area contributed by atoms with E-state index in [2.05, 4.69) is 32.3 Å². The van der Waals surface area contributed by atoms with Crippen LogP contribution in [0.3, 0.4) is 0 Å². The zero-order chi connectivity index (χ0) is 16.4. The fourth-order valence-electron chi connectivity index (χ4n) is 2.85. The highest BCUT2D eigenvalue weighted by Gasteiger charge is 2.23. The molecule has 23 heavy (non-hydrogen) atoms. The number of nitrogens with zero attached hydrogens (tertiary/aromatic N) is 4. The number of aromatic nitrogens is 3. The monoisotopic (exact) mass is 311 g/mol. The molecule has 3 heterocycles. The number of carbonyl (C=O) groups is 1. The minimum Gasteiger partial charge on any atom is -0.352 e. The van der Waals surface area contributed by atoms with Crippen molar-refractivity contribution in [2.75, 3.05) is 24.5 Å². The van der Waals surface area contributed by atoms with Gasteiger partial charge in [-0.3, -0.25) is 9.78 Å². The van der Waals surface area contributed by atoms with Crippen LogP contribution in [0.2, 0.25) is 0 Å². The average molecular weight is 311 g/mol. The quantitative estimate of drug-likeness (QED) is 0.867. The van der Waals surface area contributed by atoms with E-state index >= 15 is 0 Å². The van der Waals surface area contributed by atoms with Crippen LogP contribution in [0.1, 0.15) is 34.2 Å². The summed E-state index contributed by atoms with van der Waals surface area (Å²) in [5, 5.41) is 12.0. The zero-order valence-corrected chi connectivity index (χ0v) is 13.7. The van der Waals surface area contributed by atoms with Crippen molar-refractivity contribution in [1.29, 1.82) is 0 Å². The van der Waals surface area contributed by atoms with Crippen LogP contribution < -0.4 is 10.2 Å². The van der Waals surface area contributed by atoms with Gasteiger partial charge in [-0.05, 0) is 44.0 Å². The van der Waals surface area contributed by atoms with E-state index in [9.17, 15) is 4.79 Å². The van der Waals surface area contributed by atoms with Gasteiger partial charge >= 0.3 is 0 Å². The van der Waals surface area contributed by atoms with Gasteiger partial charge in [-0.1, -0.05) is 6.07 Å². The molecule has 0 aliphatic carbocycles. The van der Waals surface area contributed by atoms with Gasteiger partial charge in [-0.15, -0.1) is 10.2 Å². The molecular weight excluding hydrogens is 290 g/mol. The molecule has 1 aliphatic rings. The predicted octanol–water partition coefficient (Wildman–Crippen LogP) is 1.52. The van der Waals surface area contributed by atoms with E-state index in [4.69, 9.17) is 0 Å². The molecule has 0 spiro atoms. The molecule has 3 rings (SSSR count). The van der Waals surface area contributed by atoms with Crippen LogP contribution in [0.5, 0.6) is 0 Å². The van der Waals surface area contributed by atoms with Gasteiger partial charge in [0.25, 0.3) is 0 Å². The number of nitrogens with one attached hydrogen (secondary N) is 1. The van der Waals surface area contributed by atoms with Crippen molar-refractivity contribution < 1.29 is 4.79 Å². The van der Waals surface area contributed by atoms with E-state index in [0.717, 1.165) is 36.6 Å². The lowest BCUT2D eigenvalue weighted by molar-refractivity contribution is 0.102. The Balaban J connectivity index is 1.93. The molecule has 0 saturated carbocycles. The molecule has 2 aromatic rings. The Labute approximate surface area is 136 Å². The van der Waals surface area contributed by atoms with E-state index < -0.39 is 0 Å².